The van der Waals surface area contributed by atoms with Gasteiger partial charge in [-0.05, 0) is 77.3 Å². The van der Waals surface area contributed by atoms with Crippen molar-refractivity contribution in [3.63, 3.8) is 0 Å². The lowest BCUT2D eigenvalue weighted by atomic mass is 9.86. The van der Waals surface area contributed by atoms with E-state index >= 15 is 0 Å². The molecule has 0 spiro atoms. The lowest BCUT2D eigenvalue weighted by molar-refractivity contribution is 0.222. The maximum Gasteiger partial charge on any atom is 0.0347 e. The van der Waals surface area contributed by atoms with E-state index in [2.05, 4.69) is 56.4 Å². The molecule has 1 N–H and O–H groups in total. The fourth-order valence-electron chi connectivity index (χ4n) is 3.25. The zero-order chi connectivity index (χ0) is 13.8. The van der Waals surface area contributed by atoms with Gasteiger partial charge in [-0.3, -0.25) is 0 Å². The first-order valence-electron chi connectivity index (χ1n) is 7.52. The van der Waals surface area contributed by atoms with Gasteiger partial charge in [0.2, 0.25) is 0 Å². The van der Waals surface area contributed by atoms with Gasteiger partial charge in [-0.25, -0.2) is 0 Å². The second-order valence-corrected chi connectivity index (χ2v) is 6.27. The minimum Gasteiger partial charge on any atom is -0.317 e. The maximum absolute atomic E-state index is 3.46. The van der Waals surface area contributed by atoms with Gasteiger partial charge < -0.3 is 10.2 Å². The van der Waals surface area contributed by atoms with Crippen LogP contribution in [0.5, 0.6) is 0 Å². The van der Waals surface area contributed by atoms with Crippen molar-refractivity contribution >= 4 is 0 Å². The Bertz CT molecular complexity index is 406. The molecule has 1 aliphatic heterocycles. The molecule has 0 aromatic heterocycles. The molecule has 0 saturated carbocycles. The average Bonchev–Trinajstić information content (AvgIpc) is 2.38. The number of nitrogens with one attached hydrogen (secondary N) is 1. The molecular weight excluding hydrogens is 232 g/mol. The van der Waals surface area contributed by atoms with E-state index in [1.165, 1.54) is 49.0 Å². The molecule has 0 amide bonds. The quantitative estimate of drug-likeness (QED) is 0.893. The van der Waals surface area contributed by atoms with Gasteiger partial charge in [-0.15, -0.1) is 0 Å². The molecule has 1 aromatic rings. The van der Waals surface area contributed by atoms with Crippen LogP contribution in [0.15, 0.2) is 18.2 Å². The van der Waals surface area contributed by atoms with Crippen LogP contribution >= 0.6 is 0 Å². The third-order valence-electron chi connectivity index (χ3n) is 4.42. The van der Waals surface area contributed by atoms with E-state index in [-0.39, 0.29) is 0 Å². The van der Waals surface area contributed by atoms with Crippen LogP contribution in [0.4, 0.5) is 0 Å². The third-order valence-corrected chi connectivity index (χ3v) is 4.42. The van der Waals surface area contributed by atoms with Crippen LogP contribution in [0.25, 0.3) is 0 Å². The second-order valence-electron chi connectivity index (χ2n) is 6.27. The van der Waals surface area contributed by atoms with Gasteiger partial charge >= 0.3 is 0 Å². The van der Waals surface area contributed by atoms with E-state index in [9.17, 15) is 0 Å². The molecular formula is C17H28N2. The van der Waals surface area contributed by atoms with Crippen molar-refractivity contribution in [2.75, 3.05) is 27.2 Å². The van der Waals surface area contributed by atoms with Crippen LogP contribution in [0.1, 0.15) is 42.0 Å². The fraction of sp³-hybridized carbons (Fsp3) is 0.647. The number of piperidine rings is 1. The maximum atomic E-state index is 3.46. The third kappa shape index (κ3) is 3.80. The summed E-state index contributed by atoms with van der Waals surface area (Å²) >= 11 is 0. The number of rotatable bonds is 4. The molecule has 106 valence electrons. The molecule has 1 saturated heterocycles. The molecule has 0 aliphatic carbocycles. The zero-order valence-corrected chi connectivity index (χ0v) is 12.9. The van der Waals surface area contributed by atoms with Crippen LogP contribution < -0.4 is 5.32 Å². The molecule has 2 nitrogen and oxygen atoms in total. The monoisotopic (exact) mass is 260 g/mol. The van der Waals surface area contributed by atoms with E-state index in [4.69, 9.17) is 0 Å². The zero-order valence-electron chi connectivity index (χ0n) is 12.9. The molecule has 2 rings (SSSR count). The molecule has 1 aromatic carbocycles. The van der Waals surface area contributed by atoms with Gasteiger partial charge in [0.1, 0.15) is 0 Å². The second kappa shape index (κ2) is 6.53. The van der Waals surface area contributed by atoms with Crippen molar-refractivity contribution < 1.29 is 0 Å². The molecule has 1 heterocycles. The van der Waals surface area contributed by atoms with Gasteiger partial charge in [0.15, 0.2) is 0 Å². The molecule has 19 heavy (non-hydrogen) atoms. The van der Waals surface area contributed by atoms with Gasteiger partial charge in [0, 0.05) is 6.04 Å². The van der Waals surface area contributed by atoms with Crippen molar-refractivity contribution in [1.29, 1.82) is 0 Å². The molecule has 1 aliphatic rings. The number of hydrogen-bond donors (Lipinski definition) is 1. The van der Waals surface area contributed by atoms with Gasteiger partial charge in [0.05, 0.1) is 0 Å². The highest BCUT2D eigenvalue weighted by Crippen LogP contribution is 2.31. The Morgan fingerprint density at radius 1 is 1.21 bits per heavy atom. The predicted molar refractivity (Wildman–Crippen MR) is 82.6 cm³/mol. The van der Waals surface area contributed by atoms with Crippen LogP contribution in [-0.4, -0.2) is 32.1 Å². The Balaban J connectivity index is 2.14. The number of benzene rings is 1. The SMILES string of the molecule is Cc1ccc(C(CC2CCNCC2)N(C)C)c(C)c1. The highest BCUT2D eigenvalue weighted by molar-refractivity contribution is 5.32. The van der Waals surface area contributed by atoms with Gasteiger partial charge in [0.25, 0.3) is 0 Å². The van der Waals surface area contributed by atoms with E-state index in [0.717, 1.165) is 5.92 Å². The number of hydrogen-bond acceptors (Lipinski definition) is 2. The summed E-state index contributed by atoms with van der Waals surface area (Å²) in [5.74, 6) is 0.870. The highest BCUT2D eigenvalue weighted by atomic mass is 15.1. The summed E-state index contributed by atoms with van der Waals surface area (Å²) in [5.41, 5.74) is 4.31. The average molecular weight is 260 g/mol. The standard InChI is InChI=1S/C17H28N2/c1-13-5-6-16(14(2)11-13)17(19(3)4)12-15-7-9-18-10-8-15/h5-6,11,15,17-18H,7-10,12H2,1-4H3. The van der Waals surface area contributed by atoms with Gasteiger partial charge in [-0.1, -0.05) is 23.8 Å². The number of aryl methyl sites for hydroxylation is 2. The van der Waals surface area contributed by atoms with E-state index < -0.39 is 0 Å². The first-order chi connectivity index (χ1) is 9.08. The Hall–Kier alpha value is -0.860. The highest BCUT2D eigenvalue weighted by Gasteiger charge is 2.22. The van der Waals surface area contributed by atoms with Crippen molar-refractivity contribution in [3.05, 3.63) is 34.9 Å². The lowest BCUT2D eigenvalue weighted by Gasteiger charge is -2.32. The molecule has 1 atom stereocenters. The normalized spacial score (nSPS) is 18.8. The molecule has 0 radical (unpaired) electrons. The van der Waals surface area contributed by atoms with Crippen LogP contribution in [-0.2, 0) is 0 Å². The summed E-state index contributed by atoms with van der Waals surface area (Å²) < 4.78 is 0. The van der Waals surface area contributed by atoms with Crippen LogP contribution in [0.2, 0.25) is 0 Å². The Morgan fingerprint density at radius 3 is 2.47 bits per heavy atom. The summed E-state index contributed by atoms with van der Waals surface area (Å²) in [5, 5.41) is 3.46. The van der Waals surface area contributed by atoms with Crippen molar-refractivity contribution in [2.24, 2.45) is 5.92 Å². The topological polar surface area (TPSA) is 15.3 Å². The van der Waals surface area contributed by atoms with E-state index in [1.807, 2.05) is 0 Å². The van der Waals surface area contributed by atoms with Crippen molar-refractivity contribution in [2.45, 2.75) is 39.2 Å². The van der Waals surface area contributed by atoms with Crippen LogP contribution in [0, 0.1) is 19.8 Å². The summed E-state index contributed by atoms with van der Waals surface area (Å²) in [4.78, 5) is 2.39. The fourth-order valence-corrected chi connectivity index (χ4v) is 3.25. The predicted octanol–water partition coefficient (Wildman–Crippen LogP) is 3.30. The van der Waals surface area contributed by atoms with Crippen molar-refractivity contribution in [1.82, 2.24) is 10.2 Å². The van der Waals surface area contributed by atoms with Crippen LogP contribution in [0.3, 0.4) is 0 Å². The Kier molecular flexibility index (Phi) is 5.00. The Morgan fingerprint density at radius 2 is 1.89 bits per heavy atom. The summed E-state index contributed by atoms with van der Waals surface area (Å²) in [6.07, 6.45) is 3.95. The summed E-state index contributed by atoms with van der Waals surface area (Å²) in [6.45, 7) is 6.81. The molecule has 1 unspecified atom stereocenters. The molecule has 0 bridgehead atoms. The first-order valence-corrected chi connectivity index (χ1v) is 7.52. The minimum absolute atomic E-state index is 0.559. The van der Waals surface area contributed by atoms with E-state index in [0.29, 0.717) is 6.04 Å². The largest absolute Gasteiger partial charge is 0.317 e. The molecule has 2 heteroatoms. The molecule has 1 fully saturated rings. The van der Waals surface area contributed by atoms with Gasteiger partial charge in [-0.2, -0.15) is 0 Å². The van der Waals surface area contributed by atoms with Crippen molar-refractivity contribution in [3.8, 4) is 0 Å². The first kappa shape index (κ1) is 14.5. The summed E-state index contributed by atoms with van der Waals surface area (Å²) in [7, 11) is 4.43. The van der Waals surface area contributed by atoms with E-state index in [1.54, 1.807) is 0 Å². The smallest absolute Gasteiger partial charge is 0.0347 e. The Labute approximate surface area is 118 Å². The number of nitrogens with zero attached hydrogens (tertiary/aromatic N) is 1. The minimum atomic E-state index is 0.559. The summed E-state index contributed by atoms with van der Waals surface area (Å²) in [6, 6.07) is 7.45. The lowest BCUT2D eigenvalue weighted by Crippen LogP contribution is -2.31.